The van der Waals surface area contributed by atoms with Crippen LogP contribution in [0.15, 0.2) is 24.3 Å². The van der Waals surface area contributed by atoms with Gasteiger partial charge in [0.05, 0.1) is 13.7 Å². The van der Waals surface area contributed by atoms with Crippen LogP contribution in [0.25, 0.3) is 0 Å². The first-order chi connectivity index (χ1) is 13.1. The summed E-state index contributed by atoms with van der Waals surface area (Å²) >= 11 is 0. The number of methoxy groups -OCH3 is 1. The van der Waals surface area contributed by atoms with Crippen molar-refractivity contribution >= 4 is 12.0 Å². The van der Waals surface area contributed by atoms with E-state index in [4.69, 9.17) is 9.47 Å². The van der Waals surface area contributed by atoms with E-state index in [9.17, 15) is 9.59 Å². The maximum absolute atomic E-state index is 12.6. The van der Waals surface area contributed by atoms with Gasteiger partial charge in [0.2, 0.25) is 5.91 Å². The Kier molecular flexibility index (Phi) is 6.58. The summed E-state index contributed by atoms with van der Waals surface area (Å²) in [6.45, 7) is 3.47. The molecule has 2 fully saturated rings. The molecular weight excluding hydrogens is 344 g/mol. The second-order valence-electron chi connectivity index (χ2n) is 7.45. The average Bonchev–Trinajstić information content (AvgIpc) is 3.52. The number of carbonyl (C=O) groups is 2. The zero-order valence-corrected chi connectivity index (χ0v) is 16.3. The van der Waals surface area contributed by atoms with Crippen LogP contribution >= 0.6 is 0 Å². The number of nitrogens with zero attached hydrogens (tertiary/aromatic N) is 1. The Labute approximate surface area is 161 Å². The fourth-order valence-electron chi connectivity index (χ4n) is 3.81. The van der Waals surface area contributed by atoms with Gasteiger partial charge in [-0.15, -0.1) is 0 Å². The molecule has 1 aliphatic carbocycles. The zero-order chi connectivity index (χ0) is 19.2. The number of rotatable bonds is 7. The molecule has 0 bridgehead atoms. The second kappa shape index (κ2) is 9.11. The molecular formula is C21H30N2O4. The molecule has 1 atom stereocenters. The van der Waals surface area contributed by atoms with Crippen LogP contribution in [0.4, 0.5) is 4.79 Å². The molecule has 1 aliphatic heterocycles. The minimum absolute atomic E-state index is 0.109. The third kappa shape index (κ3) is 5.37. The highest BCUT2D eigenvalue weighted by atomic mass is 16.6. The fraction of sp³-hybridized carbons (Fsp3) is 0.619. The molecule has 1 aromatic carbocycles. The molecule has 1 aromatic rings. The van der Waals surface area contributed by atoms with E-state index < -0.39 is 0 Å². The maximum atomic E-state index is 12.6. The molecule has 1 unspecified atom stereocenters. The van der Waals surface area contributed by atoms with E-state index in [1.807, 2.05) is 19.1 Å². The first-order valence-electron chi connectivity index (χ1n) is 9.95. The Morgan fingerprint density at radius 1 is 1.15 bits per heavy atom. The molecule has 3 rings (SSSR count). The van der Waals surface area contributed by atoms with Crippen molar-refractivity contribution in [3.63, 3.8) is 0 Å². The predicted octanol–water partition coefficient (Wildman–Crippen LogP) is 3.32. The van der Waals surface area contributed by atoms with Crippen molar-refractivity contribution in [3.8, 4) is 5.75 Å². The van der Waals surface area contributed by atoms with Crippen molar-refractivity contribution in [2.24, 2.45) is 5.92 Å². The molecule has 1 saturated carbocycles. The van der Waals surface area contributed by atoms with Gasteiger partial charge in [0.1, 0.15) is 5.75 Å². The van der Waals surface area contributed by atoms with Gasteiger partial charge in [-0.05, 0) is 62.1 Å². The molecule has 2 aliphatic rings. The molecule has 27 heavy (non-hydrogen) atoms. The predicted molar refractivity (Wildman–Crippen MR) is 103 cm³/mol. The number of ether oxygens (including phenoxy) is 2. The molecule has 0 radical (unpaired) electrons. The second-order valence-corrected chi connectivity index (χ2v) is 7.45. The van der Waals surface area contributed by atoms with E-state index in [0.717, 1.165) is 18.6 Å². The molecule has 148 valence electrons. The summed E-state index contributed by atoms with van der Waals surface area (Å²) < 4.78 is 10.3. The molecule has 1 N–H and O–H groups in total. The van der Waals surface area contributed by atoms with Crippen LogP contribution in [0.2, 0.25) is 0 Å². The molecule has 6 heteroatoms. The van der Waals surface area contributed by atoms with Crippen molar-refractivity contribution in [1.82, 2.24) is 10.2 Å². The minimum Gasteiger partial charge on any atom is -0.497 e. The summed E-state index contributed by atoms with van der Waals surface area (Å²) in [5.74, 6) is 1.83. The van der Waals surface area contributed by atoms with Crippen molar-refractivity contribution < 1.29 is 19.1 Å². The monoisotopic (exact) mass is 374 g/mol. The van der Waals surface area contributed by atoms with Gasteiger partial charge in [-0.2, -0.15) is 0 Å². The Bertz CT molecular complexity index is 634. The quantitative estimate of drug-likeness (QED) is 0.795. The first kappa shape index (κ1) is 19.5. The van der Waals surface area contributed by atoms with Crippen molar-refractivity contribution in [2.75, 3.05) is 26.8 Å². The number of nitrogens with one attached hydrogen (secondary N) is 1. The SMILES string of the molecule is CCOC(=O)N1CCC(NC(=O)CC(c2ccc(OC)cc2)C2CC2)CC1. The lowest BCUT2D eigenvalue weighted by molar-refractivity contribution is -0.122. The molecule has 6 nitrogen and oxygen atoms in total. The van der Waals surface area contributed by atoms with Crippen LogP contribution < -0.4 is 10.1 Å². The Balaban J connectivity index is 1.49. The largest absolute Gasteiger partial charge is 0.497 e. The lowest BCUT2D eigenvalue weighted by atomic mass is 9.90. The molecule has 1 heterocycles. The molecule has 0 aromatic heterocycles. The van der Waals surface area contributed by atoms with E-state index in [1.54, 1.807) is 12.0 Å². The van der Waals surface area contributed by atoms with Crippen LogP contribution in [-0.2, 0) is 9.53 Å². The van der Waals surface area contributed by atoms with E-state index in [1.165, 1.54) is 18.4 Å². The van der Waals surface area contributed by atoms with Gasteiger partial charge in [0.25, 0.3) is 0 Å². The number of piperidine rings is 1. The van der Waals surface area contributed by atoms with Crippen LogP contribution in [0.5, 0.6) is 5.75 Å². The van der Waals surface area contributed by atoms with E-state index >= 15 is 0 Å². The van der Waals surface area contributed by atoms with Gasteiger partial charge in [-0.25, -0.2) is 4.79 Å². The highest BCUT2D eigenvalue weighted by molar-refractivity contribution is 5.77. The van der Waals surface area contributed by atoms with E-state index in [0.29, 0.717) is 32.0 Å². The summed E-state index contributed by atoms with van der Waals surface area (Å²) in [6.07, 6.45) is 4.22. The normalized spacial score (nSPS) is 18.7. The zero-order valence-electron chi connectivity index (χ0n) is 16.3. The minimum atomic E-state index is -0.254. The third-order valence-electron chi connectivity index (χ3n) is 5.53. The summed E-state index contributed by atoms with van der Waals surface area (Å²) in [7, 11) is 1.66. The number of hydrogen-bond donors (Lipinski definition) is 1. The van der Waals surface area contributed by atoms with Crippen LogP contribution in [0.1, 0.15) is 50.5 Å². The van der Waals surface area contributed by atoms with Gasteiger partial charge < -0.3 is 19.7 Å². The summed E-state index contributed by atoms with van der Waals surface area (Å²) in [6, 6.07) is 8.22. The van der Waals surface area contributed by atoms with Crippen LogP contribution in [0.3, 0.4) is 0 Å². The topological polar surface area (TPSA) is 67.9 Å². The number of hydrogen-bond acceptors (Lipinski definition) is 4. The number of benzene rings is 1. The lowest BCUT2D eigenvalue weighted by Gasteiger charge is -2.32. The Hall–Kier alpha value is -2.24. The average molecular weight is 374 g/mol. The van der Waals surface area contributed by atoms with Crippen LogP contribution in [-0.4, -0.2) is 49.7 Å². The summed E-state index contributed by atoms with van der Waals surface area (Å²) in [5, 5.41) is 3.17. The van der Waals surface area contributed by atoms with Gasteiger partial charge >= 0.3 is 6.09 Å². The number of carbonyl (C=O) groups excluding carboxylic acids is 2. The first-order valence-corrected chi connectivity index (χ1v) is 9.95. The highest BCUT2D eigenvalue weighted by Gasteiger charge is 2.34. The molecule has 0 spiro atoms. The van der Waals surface area contributed by atoms with Crippen molar-refractivity contribution in [3.05, 3.63) is 29.8 Å². The number of amides is 2. The maximum Gasteiger partial charge on any atom is 0.409 e. The molecule has 2 amide bonds. The lowest BCUT2D eigenvalue weighted by Crippen LogP contribution is -2.46. The van der Waals surface area contributed by atoms with E-state index in [-0.39, 0.29) is 24.0 Å². The van der Waals surface area contributed by atoms with Gasteiger partial charge in [-0.3, -0.25) is 4.79 Å². The molecule has 1 saturated heterocycles. The Morgan fingerprint density at radius 2 is 1.81 bits per heavy atom. The van der Waals surface area contributed by atoms with Gasteiger partial charge in [0, 0.05) is 25.6 Å². The van der Waals surface area contributed by atoms with Gasteiger partial charge in [0.15, 0.2) is 0 Å². The number of likely N-dealkylation sites (tertiary alicyclic amines) is 1. The highest BCUT2D eigenvalue weighted by Crippen LogP contribution is 2.44. The van der Waals surface area contributed by atoms with Crippen molar-refractivity contribution in [1.29, 1.82) is 0 Å². The van der Waals surface area contributed by atoms with E-state index in [2.05, 4.69) is 17.4 Å². The smallest absolute Gasteiger partial charge is 0.409 e. The third-order valence-corrected chi connectivity index (χ3v) is 5.53. The standard InChI is InChI=1S/C21H30N2O4/c1-3-27-21(25)23-12-10-17(11-13-23)22-20(24)14-19(15-4-5-15)16-6-8-18(26-2)9-7-16/h6-9,15,17,19H,3-5,10-14H2,1-2H3,(H,22,24). The van der Waals surface area contributed by atoms with Gasteiger partial charge in [-0.1, -0.05) is 12.1 Å². The summed E-state index contributed by atoms with van der Waals surface area (Å²) in [5.41, 5.74) is 1.21. The van der Waals surface area contributed by atoms with Crippen LogP contribution in [0, 0.1) is 5.92 Å². The fourth-order valence-corrected chi connectivity index (χ4v) is 3.81. The summed E-state index contributed by atoms with van der Waals surface area (Å²) in [4.78, 5) is 26.1. The Morgan fingerprint density at radius 3 is 2.37 bits per heavy atom. The van der Waals surface area contributed by atoms with Crippen molar-refractivity contribution in [2.45, 2.75) is 51.0 Å².